The molecule has 0 aliphatic carbocycles. The van der Waals surface area contributed by atoms with Crippen molar-refractivity contribution in [2.75, 3.05) is 73.1 Å². The van der Waals surface area contributed by atoms with E-state index in [1.54, 1.807) is 7.11 Å². The molecule has 0 radical (unpaired) electrons. The number of likely N-dealkylation sites (tertiary alicyclic amines) is 1. The van der Waals surface area contributed by atoms with Crippen LogP contribution in [0.4, 0.5) is 0 Å². The predicted octanol–water partition coefficient (Wildman–Crippen LogP) is 1.27. The lowest BCUT2D eigenvalue weighted by molar-refractivity contribution is -0.933. The number of nitrogens with zero attached hydrogens (tertiary/aromatic N) is 1. The lowest BCUT2D eigenvalue weighted by atomic mass is 10.4. The second-order valence-corrected chi connectivity index (χ2v) is 5.07. The van der Waals surface area contributed by atoms with Crippen LogP contribution in [0.15, 0.2) is 0 Å². The minimum atomic E-state index is 0.623. The summed E-state index contributed by atoms with van der Waals surface area (Å²) >= 11 is 0. The van der Waals surface area contributed by atoms with Crippen LogP contribution in [-0.2, 0) is 18.9 Å². The molecule has 0 spiro atoms. The maximum Gasteiger partial charge on any atom is 0.183 e. The fourth-order valence-electron chi connectivity index (χ4n) is 2.38. The SMILES string of the molecule is CC[N+]1(COCCOCCOCCOC)CCCC1. The van der Waals surface area contributed by atoms with Crippen LogP contribution in [0.1, 0.15) is 19.8 Å². The summed E-state index contributed by atoms with van der Waals surface area (Å²) < 4.78 is 22.5. The molecule has 114 valence electrons. The molecule has 0 atom stereocenters. The molecule has 0 aromatic carbocycles. The first-order valence-corrected chi connectivity index (χ1v) is 7.40. The zero-order chi connectivity index (χ0) is 13.8. The highest BCUT2D eigenvalue weighted by Gasteiger charge is 2.29. The van der Waals surface area contributed by atoms with E-state index in [1.807, 2.05) is 0 Å². The monoisotopic (exact) mass is 276 g/mol. The normalized spacial score (nSPS) is 18.0. The van der Waals surface area contributed by atoms with Gasteiger partial charge < -0.3 is 23.4 Å². The summed E-state index contributed by atoms with van der Waals surface area (Å²) in [6.07, 6.45) is 2.68. The molecule has 1 aliphatic heterocycles. The Hall–Kier alpha value is -0.200. The summed E-state index contributed by atoms with van der Waals surface area (Å²) in [4.78, 5) is 0. The van der Waals surface area contributed by atoms with Gasteiger partial charge in [-0.3, -0.25) is 0 Å². The van der Waals surface area contributed by atoms with Crippen LogP contribution >= 0.6 is 0 Å². The Balaban J connectivity index is 1.85. The Kier molecular flexibility index (Phi) is 9.38. The molecular weight excluding hydrogens is 246 g/mol. The molecule has 0 unspecified atom stereocenters. The van der Waals surface area contributed by atoms with Gasteiger partial charge in [0.2, 0.25) is 0 Å². The van der Waals surface area contributed by atoms with Crippen molar-refractivity contribution in [2.45, 2.75) is 19.8 Å². The van der Waals surface area contributed by atoms with Gasteiger partial charge in [-0.25, -0.2) is 0 Å². The summed E-state index contributed by atoms with van der Waals surface area (Å²) in [7, 11) is 1.67. The minimum absolute atomic E-state index is 0.623. The van der Waals surface area contributed by atoms with Crippen molar-refractivity contribution < 1.29 is 23.4 Å². The first-order valence-electron chi connectivity index (χ1n) is 7.40. The van der Waals surface area contributed by atoms with Crippen LogP contribution < -0.4 is 0 Å². The maximum absolute atomic E-state index is 5.74. The number of methoxy groups -OCH3 is 1. The van der Waals surface area contributed by atoms with E-state index in [2.05, 4.69) is 6.92 Å². The zero-order valence-electron chi connectivity index (χ0n) is 12.6. The van der Waals surface area contributed by atoms with E-state index in [0.717, 1.165) is 11.2 Å². The summed E-state index contributed by atoms with van der Waals surface area (Å²) in [5, 5.41) is 0. The average Bonchev–Trinajstić information content (AvgIpc) is 2.90. The Morgan fingerprint density at radius 2 is 1.32 bits per heavy atom. The van der Waals surface area contributed by atoms with Crippen LogP contribution in [-0.4, -0.2) is 77.6 Å². The topological polar surface area (TPSA) is 36.9 Å². The van der Waals surface area contributed by atoms with Gasteiger partial charge in [-0.1, -0.05) is 0 Å². The molecule has 0 aromatic heterocycles. The third-order valence-corrected chi connectivity index (χ3v) is 3.73. The fourth-order valence-corrected chi connectivity index (χ4v) is 2.38. The molecule has 0 aromatic rings. The van der Waals surface area contributed by atoms with Crippen LogP contribution in [0, 0.1) is 0 Å². The highest BCUT2D eigenvalue weighted by atomic mass is 16.6. The number of rotatable bonds is 12. The fraction of sp³-hybridized carbons (Fsp3) is 1.00. The van der Waals surface area contributed by atoms with Gasteiger partial charge in [-0.05, 0) is 6.92 Å². The Bertz CT molecular complexity index is 208. The van der Waals surface area contributed by atoms with E-state index >= 15 is 0 Å². The summed E-state index contributed by atoms with van der Waals surface area (Å²) in [5.41, 5.74) is 0. The molecule has 5 nitrogen and oxygen atoms in total. The molecule has 1 heterocycles. The quantitative estimate of drug-likeness (QED) is 0.397. The lowest BCUT2D eigenvalue weighted by Crippen LogP contribution is -2.46. The number of hydrogen-bond donors (Lipinski definition) is 0. The molecular formula is C14H30NO4+. The van der Waals surface area contributed by atoms with Crippen molar-refractivity contribution in [3.05, 3.63) is 0 Å². The third kappa shape index (κ3) is 7.22. The molecule has 0 N–H and O–H groups in total. The molecule has 1 saturated heterocycles. The van der Waals surface area contributed by atoms with Crippen LogP contribution in [0.5, 0.6) is 0 Å². The van der Waals surface area contributed by atoms with E-state index in [0.29, 0.717) is 39.6 Å². The smallest absolute Gasteiger partial charge is 0.183 e. The summed E-state index contributed by atoms with van der Waals surface area (Å²) in [5.74, 6) is 0. The van der Waals surface area contributed by atoms with Gasteiger partial charge in [-0.15, -0.1) is 0 Å². The standard InChI is InChI=1S/C14H30NO4/c1-3-15(6-4-5-7-15)14-19-13-12-18-11-10-17-9-8-16-2/h3-14H2,1-2H3/q+1. The lowest BCUT2D eigenvalue weighted by Gasteiger charge is -2.32. The first-order chi connectivity index (χ1) is 9.33. The average molecular weight is 276 g/mol. The van der Waals surface area contributed by atoms with Crippen molar-refractivity contribution in [2.24, 2.45) is 0 Å². The number of hydrogen-bond acceptors (Lipinski definition) is 4. The van der Waals surface area contributed by atoms with Crippen molar-refractivity contribution >= 4 is 0 Å². The molecule has 19 heavy (non-hydrogen) atoms. The van der Waals surface area contributed by atoms with Gasteiger partial charge in [0.25, 0.3) is 0 Å². The molecule has 1 fully saturated rings. The van der Waals surface area contributed by atoms with Gasteiger partial charge in [-0.2, -0.15) is 0 Å². The first kappa shape index (κ1) is 16.9. The second kappa shape index (κ2) is 10.6. The predicted molar refractivity (Wildman–Crippen MR) is 74.1 cm³/mol. The van der Waals surface area contributed by atoms with Gasteiger partial charge in [0.15, 0.2) is 6.73 Å². The highest BCUT2D eigenvalue weighted by molar-refractivity contribution is 4.51. The van der Waals surface area contributed by atoms with Gasteiger partial charge in [0.05, 0.1) is 59.3 Å². The summed E-state index contributed by atoms with van der Waals surface area (Å²) in [6, 6.07) is 0. The minimum Gasteiger partial charge on any atom is -0.382 e. The van der Waals surface area contributed by atoms with Crippen LogP contribution in [0.3, 0.4) is 0 Å². The largest absolute Gasteiger partial charge is 0.382 e. The van der Waals surface area contributed by atoms with Crippen LogP contribution in [0.25, 0.3) is 0 Å². The third-order valence-electron chi connectivity index (χ3n) is 3.73. The van der Waals surface area contributed by atoms with Crippen molar-refractivity contribution in [1.82, 2.24) is 0 Å². The van der Waals surface area contributed by atoms with E-state index in [4.69, 9.17) is 18.9 Å². The number of quaternary nitrogens is 1. The highest BCUT2D eigenvalue weighted by Crippen LogP contribution is 2.18. The van der Waals surface area contributed by atoms with Crippen LogP contribution in [0.2, 0.25) is 0 Å². The molecule has 0 saturated carbocycles. The van der Waals surface area contributed by atoms with Gasteiger partial charge in [0.1, 0.15) is 0 Å². The zero-order valence-corrected chi connectivity index (χ0v) is 12.6. The summed E-state index contributed by atoms with van der Waals surface area (Å²) in [6.45, 7) is 10.7. The van der Waals surface area contributed by atoms with Crippen molar-refractivity contribution in [1.29, 1.82) is 0 Å². The van der Waals surface area contributed by atoms with E-state index in [-0.39, 0.29) is 0 Å². The van der Waals surface area contributed by atoms with E-state index in [9.17, 15) is 0 Å². The number of ether oxygens (including phenoxy) is 4. The Labute approximate surface area is 117 Å². The molecule has 1 aliphatic rings. The van der Waals surface area contributed by atoms with E-state index in [1.165, 1.54) is 32.5 Å². The Morgan fingerprint density at radius 3 is 1.84 bits per heavy atom. The molecule has 5 heteroatoms. The van der Waals surface area contributed by atoms with E-state index < -0.39 is 0 Å². The molecule has 1 rings (SSSR count). The molecule has 0 amide bonds. The Morgan fingerprint density at radius 1 is 0.789 bits per heavy atom. The van der Waals surface area contributed by atoms with Gasteiger partial charge in [0, 0.05) is 20.0 Å². The van der Waals surface area contributed by atoms with Gasteiger partial charge >= 0.3 is 0 Å². The second-order valence-electron chi connectivity index (χ2n) is 5.07. The van der Waals surface area contributed by atoms with Crippen molar-refractivity contribution in [3.63, 3.8) is 0 Å². The molecule has 0 bridgehead atoms. The van der Waals surface area contributed by atoms with Crippen molar-refractivity contribution in [3.8, 4) is 0 Å². The maximum atomic E-state index is 5.74.